The summed E-state index contributed by atoms with van der Waals surface area (Å²) in [5, 5.41) is 17.2. The molecule has 3 aliphatic rings. The summed E-state index contributed by atoms with van der Waals surface area (Å²) in [5.41, 5.74) is 4.33. The Morgan fingerprint density at radius 3 is 2.61 bits per heavy atom. The molecule has 4 atom stereocenters. The van der Waals surface area contributed by atoms with Crippen LogP contribution in [-0.2, 0) is 4.74 Å². The Morgan fingerprint density at radius 1 is 1.33 bits per heavy atom. The highest BCUT2D eigenvalue weighted by molar-refractivity contribution is 5.29. The molecule has 2 fully saturated rings. The van der Waals surface area contributed by atoms with E-state index in [2.05, 4.69) is 22.0 Å². The van der Waals surface area contributed by atoms with E-state index in [1.807, 2.05) is 12.1 Å². The van der Waals surface area contributed by atoms with Gasteiger partial charge in [-0.15, -0.1) is 0 Å². The molecular weight excluding hydrogens is 226 g/mol. The van der Waals surface area contributed by atoms with E-state index >= 15 is 0 Å². The van der Waals surface area contributed by atoms with Crippen LogP contribution in [0, 0.1) is 23.2 Å². The van der Waals surface area contributed by atoms with Crippen molar-refractivity contribution in [1.29, 1.82) is 5.26 Å². The van der Waals surface area contributed by atoms with Gasteiger partial charge in [-0.05, 0) is 42.7 Å². The number of nitrogens with zero attached hydrogens (tertiary/aromatic N) is 3. The predicted molar refractivity (Wildman–Crippen MR) is 65.6 cm³/mol. The number of methoxy groups -OCH3 is 1. The zero-order valence-corrected chi connectivity index (χ0v) is 10.3. The van der Waals surface area contributed by atoms with E-state index in [1.54, 1.807) is 0 Å². The van der Waals surface area contributed by atoms with Gasteiger partial charge in [-0.2, -0.15) is 15.5 Å². The molecule has 3 rings (SSSR count). The summed E-state index contributed by atoms with van der Waals surface area (Å²) in [4.78, 5) is 0. The van der Waals surface area contributed by atoms with Crippen molar-refractivity contribution in [2.24, 2.45) is 22.1 Å². The van der Waals surface area contributed by atoms with Crippen molar-refractivity contribution < 1.29 is 4.74 Å². The average molecular weight is 241 g/mol. The highest BCUT2D eigenvalue weighted by Gasteiger charge is 2.40. The van der Waals surface area contributed by atoms with Crippen LogP contribution in [0.3, 0.4) is 0 Å². The van der Waals surface area contributed by atoms with E-state index in [0.29, 0.717) is 23.9 Å². The van der Waals surface area contributed by atoms with Crippen LogP contribution >= 0.6 is 0 Å². The molecule has 1 heterocycles. The van der Waals surface area contributed by atoms with E-state index in [1.165, 1.54) is 12.7 Å². The Morgan fingerprint density at radius 2 is 2.06 bits per heavy atom. The Balaban J connectivity index is 1.65. The summed E-state index contributed by atoms with van der Waals surface area (Å²) in [5.74, 6) is 1.33. The molecule has 18 heavy (non-hydrogen) atoms. The summed E-state index contributed by atoms with van der Waals surface area (Å²) >= 11 is 0. The maximum atomic E-state index is 8.70. The lowest BCUT2D eigenvalue weighted by atomic mass is 10.1. The molecule has 0 saturated heterocycles. The Labute approximate surface area is 106 Å². The first-order valence-electron chi connectivity index (χ1n) is 6.34. The van der Waals surface area contributed by atoms with E-state index in [4.69, 9.17) is 10.00 Å². The van der Waals surface area contributed by atoms with Gasteiger partial charge in [-0.3, -0.25) is 0 Å². The van der Waals surface area contributed by atoms with Crippen LogP contribution in [0.5, 0.6) is 0 Å². The molecule has 1 aliphatic heterocycles. The molecule has 4 heteroatoms. The van der Waals surface area contributed by atoms with Crippen molar-refractivity contribution in [3.05, 3.63) is 29.2 Å². The maximum Gasteiger partial charge on any atom is 0.241 e. The van der Waals surface area contributed by atoms with E-state index < -0.39 is 0 Å². The maximum absolute atomic E-state index is 8.70. The zero-order valence-electron chi connectivity index (χ0n) is 10.3. The fourth-order valence-electron chi connectivity index (χ4n) is 2.69. The first-order valence-corrected chi connectivity index (χ1v) is 6.34. The van der Waals surface area contributed by atoms with Crippen LogP contribution in [-0.4, -0.2) is 19.2 Å². The Hall–Kier alpha value is -1.85. The monoisotopic (exact) mass is 241 g/mol. The smallest absolute Gasteiger partial charge is 0.241 e. The topological polar surface area (TPSA) is 57.7 Å². The number of nitriles is 1. The lowest BCUT2D eigenvalue weighted by molar-refractivity contribution is 0.311. The summed E-state index contributed by atoms with van der Waals surface area (Å²) in [6.45, 7) is 0. The molecular formula is C14H15N3O. The number of rotatable bonds is 3. The molecule has 2 bridgehead atoms. The molecule has 4 nitrogen and oxygen atoms in total. The number of hydrogen-bond donors (Lipinski definition) is 0. The average Bonchev–Trinajstić information content (AvgIpc) is 2.90. The summed E-state index contributed by atoms with van der Waals surface area (Å²) in [6, 6.07) is 2.68. The van der Waals surface area contributed by atoms with Crippen LogP contribution in [0.15, 0.2) is 39.4 Å². The minimum Gasteiger partial charge on any atom is -0.481 e. The second kappa shape index (κ2) is 4.44. The molecule has 0 aromatic carbocycles. The third-order valence-electron chi connectivity index (χ3n) is 3.86. The third kappa shape index (κ3) is 1.98. The Bertz CT molecular complexity index is 504. The molecule has 0 aromatic rings. The molecule has 0 aromatic heterocycles. The fraction of sp³-hybridized carbons (Fsp3) is 0.571. The molecule has 0 spiro atoms. The largest absolute Gasteiger partial charge is 0.481 e. The minimum absolute atomic E-state index is 0.249. The SMILES string of the molecule is COC(=C=C[C@@H]1C[C@@H]1C=C1C2CCC1N=N2)C#N. The van der Waals surface area contributed by atoms with Crippen LogP contribution in [0.2, 0.25) is 0 Å². The third-order valence-corrected chi connectivity index (χ3v) is 3.86. The van der Waals surface area contributed by atoms with Crippen molar-refractivity contribution in [3.8, 4) is 6.07 Å². The van der Waals surface area contributed by atoms with Crippen molar-refractivity contribution >= 4 is 0 Å². The molecule has 0 N–H and O–H groups in total. The van der Waals surface area contributed by atoms with Gasteiger partial charge in [0.1, 0.15) is 6.07 Å². The summed E-state index contributed by atoms with van der Waals surface area (Å²) in [7, 11) is 1.49. The van der Waals surface area contributed by atoms with Gasteiger partial charge >= 0.3 is 0 Å². The van der Waals surface area contributed by atoms with Gasteiger partial charge in [0.25, 0.3) is 0 Å². The quantitative estimate of drug-likeness (QED) is 0.330. The number of allylic oxidation sites excluding steroid dienone is 2. The van der Waals surface area contributed by atoms with Crippen molar-refractivity contribution in [2.45, 2.75) is 31.3 Å². The number of azo groups is 1. The van der Waals surface area contributed by atoms with Crippen LogP contribution in [0.1, 0.15) is 19.3 Å². The number of fused-ring (bicyclic) bond motifs is 2. The minimum atomic E-state index is 0.249. The van der Waals surface area contributed by atoms with Gasteiger partial charge in [0.2, 0.25) is 5.76 Å². The molecule has 2 unspecified atom stereocenters. The van der Waals surface area contributed by atoms with Crippen molar-refractivity contribution in [3.63, 3.8) is 0 Å². The highest BCUT2D eigenvalue weighted by atomic mass is 16.5. The second-order valence-electron chi connectivity index (χ2n) is 5.03. The van der Waals surface area contributed by atoms with Gasteiger partial charge in [-0.25, -0.2) is 0 Å². The van der Waals surface area contributed by atoms with Crippen molar-refractivity contribution in [2.75, 3.05) is 7.11 Å². The second-order valence-corrected chi connectivity index (χ2v) is 5.03. The van der Waals surface area contributed by atoms with Gasteiger partial charge in [-0.1, -0.05) is 11.8 Å². The number of hydrogen-bond acceptors (Lipinski definition) is 4. The zero-order chi connectivity index (χ0) is 12.5. The van der Waals surface area contributed by atoms with Crippen LogP contribution in [0.25, 0.3) is 0 Å². The van der Waals surface area contributed by atoms with Crippen LogP contribution in [0.4, 0.5) is 0 Å². The Kier molecular flexibility index (Phi) is 2.77. The lowest BCUT2D eigenvalue weighted by Gasteiger charge is -1.98. The van der Waals surface area contributed by atoms with Gasteiger partial charge in [0.05, 0.1) is 19.2 Å². The van der Waals surface area contributed by atoms with Gasteiger partial charge in [0, 0.05) is 0 Å². The predicted octanol–water partition coefficient (Wildman–Crippen LogP) is 2.75. The van der Waals surface area contributed by atoms with E-state index in [9.17, 15) is 0 Å². The first-order chi connectivity index (χ1) is 8.81. The molecule has 0 radical (unpaired) electrons. The molecule has 0 amide bonds. The normalized spacial score (nSPS) is 34.8. The van der Waals surface area contributed by atoms with Crippen molar-refractivity contribution in [1.82, 2.24) is 0 Å². The summed E-state index contributed by atoms with van der Waals surface area (Å²) < 4.78 is 4.86. The lowest BCUT2D eigenvalue weighted by Crippen LogP contribution is -1.99. The van der Waals surface area contributed by atoms with Crippen LogP contribution < -0.4 is 0 Å². The van der Waals surface area contributed by atoms with Gasteiger partial charge < -0.3 is 4.74 Å². The molecule has 2 saturated carbocycles. The van der Waals surface area contributed by atoms with E-state index in [0.717, 1.165) is 19.3 Å². The highest BCUT2D eigenvalue weighted by Crippen LogP contribution is 2.45. The number of ether oxygens (including phenoxy) is 1. The fourth-order valence-corrected chi connectivity index (χ4v) is 2.69. The van der Waals surface area contributed by atoms with Gasteiger partial charge in [0.15, 0.2) is 0 Å². The first kappa shape index (κ1) is 11.3. The van der Waals surface area contributed by atoms with E-state index in [-0.39, 0.29) is 5.76 Å². The molecule has 2 aliphatic carbocycles. The standard InChI is InChI=1S/C14H15N3O/c1-18-11(8-15)3-2-9-6-10(9)7-12-13-4-5-14(12)17-16-13/h2,7,9-10,13-14H,4-6H2,1H3/t3?,9-,10-,13?,14?/m1/s1. The summed E-state index contributed by atoms with van der Waals surface area (Å²) in [6.07, 6.45) is 7.77. The molecule has 92 valence electrons.